The highest BCUT2D eigenvalue weighted by atomic mass is 35.5. The monoisotopic (exact) mass is 387 g/mol. The lowest BCUT2D eigenvalue weighted by Crippen LogP contribution is -2.12. The number of nitrogens with one attached hydrogen (secondary N) is 1. The molecule has 0 aliphatic rings. The molecule has 0 atom stereocenters. The van der Waals surface area contributed by atoms with Crippen LogP contribution in [-0.4, -0.2) is 15.5 Å². The highest BCUT2D eigenvalue weighted by Gasteiger charge is 2.08. The van der Waals surface area contributed by atoms with Gasteiger partial charge in [-0.25, -0.2) is 4.98 Å². The van der Waals surface area contributed by atoms with Gasteiger partial charge in [0.05, 0.1) is 10.0 Å². The number of anilines is 1. The van der Waals surface area contributed by atoms with E-state index >= 15 is 0 Å². The van der Waals surface area contributed by atoms with Crippen molar-refractivity contribution in [2.45, 2.75) is 26.3 Å². The number of hydrogen-bond acceptors (Lipinski definition) is 2. The quantitative estimate of drug-likeness (QED) is 0.637. The van der Waals surface area contributed by atoms with Crippen LogP contribution in [0.2, 0.25) is 10.0 Å². The maximum Gasteiger partial charge on any atom is 0.224 e. The molecule has 3 aromatic rings. The van der Waals surface area contributed by atoms with E-state index in [-0.39, 0.29) is 5.91 Å². The number of halogens is 2. The van der Waals surface area contributed by atoms with Crippen LogP contribution < -0.4 is 5.32 Å². The second kappa shape index (κ2) is 8.39. The molecule has 0 saturated carbocycles. The summed E-state index contributed by atoms with van der Waals surface area (Å²) in [6, 6.07) is 13.3. The molecule has 1 heterocycles. The van der Waals surface area contributed by atoms with E-state index in [9.17, 15) is 4.79 Å². The molecule has 0 aliphatic carbocycles. The Morgan fingerprint density at radius 2 is 1.92 bits per heavy atom. The number of aromatic nitrogens is 2. The Morgan fingerprint density at radius 1 is 1.15 bits per heavy atom. The Morgan fingerprint density at radius 3 is 2.62 bits per heavy atom. The molecule has 0 saturated heterocycles. The topological polar surface area (TPSA) is 46.9 Å². The third kappa shape index (κ3) is 4.65. The molecule has 1 amide bonds. The highest BCUT2D eigenvalue weighted by molar-refractivity contribution is 6.42. The van der Waals surface area contributed by atoms with Crippen LogP contribution >= 0.6 is 23.2 Å². The second-order valence-corrected chi connectivity index (χ2v) is 6.85. The van der Waals surface area contributed by atoms with Gasteiger partial charge in [0.15, 0.2) is 0 Å². The predicted octanol–water partition coefficient (Wildman–Crippen LogP) is 5.12. The number of amides is 1. The maximum absolute atomic E-state index is 12.2. The number of nitrogens with zero attached hydrogens (tertiary/aromatic N) is 2. The van der Waals surface area contributed by atoms with Gasteiger partial charge in [0.1, 0.15) is 5.82 Å². The third-order valence-electron chi connectivity index (χ3n) is 4.17. The fourth-order valence-corrected chi connectivity index (χ4v) is 3.09. The van der Waals surface area contributed by atoms with Gasteiger partial charge in [-0.15, -0.1) is 0 Å². The first kappa shape index (κ1) is 18.5. The van der Waals surface area contributed by atoms with E-state index < -0.39 is 0 Å². The summed E-state index contributed by atoms with van der Waals surface area (Å²) in [6.07, 6.45) is 4.63. The summed E-state index contributed by atoms with van der Waals surface area (Å²) in [6.45, 7) is 2.73. The normalized spacial score (nSPS) is 10.7. The average molecular weight is 388 g/mol. The molecule has 2 aromatic carbocycles. The molecule has 3 rings (SSSR count). The van der Waals surface area contributed by atoms with Crippen LogP contribution in [0.3, 0.4) is 0 Å². The van der Waals surface area contributed by atoms with Crippen molar-refractivity contribution in [1.82, 2.24) is 9.55 Å². The van der Waals surface area contributed by atoms with Gasteiger partial charge < -0.3 is 9.88 Å². The standard InChI is InChI=1S/C20H19Cl2N3O/c1-14-23-11-12-25(14)13-15-5-8-17(9-6-15)24-19(26)10-7-16-3-2-4-18(21)20(16)22/h2-6,8-9,11-12H,7,10,13H2,1H3,(H,24,26). The summed E-state index contributed by atoms with van der Waals surface area (Å²) < 4.78 is 2.07. The smallest absolute Gasteiger partial charge is 0.224 e. The number of carbonyl (C=O) groups excluding carboxylic acids is 1. The molecule has 0 spiro atoms. The van der Waals surface area contributed by atoms with Gasteiger partial charge in [-0.05, 0) is 42.7 Å². The van der Waals surface area contributed by atoms with Crippen LogP contribution in [0.1, 0.15) is 23.4 Å². The molecule has 0 bridgehead atoms. The van der Waals surface area contributed by atoms with E-state index in [0.717, 1.165) is 29.2 Å². The van der Waals surface area contributed by atoms with Crippen LogP contribution in [-0.2, 0) is 17.8 Å². The lowest BCUT2D eigenvalue weighted by molar-refractivity contribution is -0.116. The molecule has 4 nitrogen and oxygen atoms in total. The van der Waals surface area contributed by atoms with E-state index in [4.69, 9.17) is 23.2 Å². The zero-order valence-corrected chi connectivity index (χ0v) is 15.9. The molecule has 0 fully saturated rings. The van der Waals surface area contributed by atoms with Gasteiger partial charge in [0.25, 0.3) is 0 Å². The van der Waals surface area contributed by atoms with Crippen molar-refractivity contribution in [3.63, 3.8) is 0 Å². The van der Waals surface area contributed by atoms with Crippen molar-refractivity contribution < 1.29 is 4.79 Å². The van der Waals surface area contributed by atoms with Gasteiger partial charge in [0, 0.05) is 31.0 Å². The summed E-state index contributed by atoms with van der Waals surface area (Å²) in [7, 11) is 0. The van der Waals surface area contributed by atoms with Crippen molar-refractivity contribution in [1.29, 1.82) is 0 Å². The minimum absolute atomic E-state index is 0.0563. The Bertz CT molecular complexity index is 904. The zero-order valence-electron chi connectivity index (χ0n) is 14.4. The van der Waals surface area contributed by atoms with Gasteiger partial charge in [-0.1, -0.05) is 47.5 Å². The summed E-state index contributed by atoms with van der Waals surface area (Å²) >= 11 is 12.1. The molecular formula is C20H19Cl2N3O. The van der Waals surface area contributed by atoms with Crippen molar-refractivity contribution in [2.75, 3.05) is 5.32 Å². The number of rotatable bonds is 6. The Kier molecular flexibility index (Phi) is 5.96. The number of imidazole rings is 1. The van der Waals surface area contributed by atoms with Crippen molar-refractivity contribution in [3.05, 3.63) is 81.9 Å². The minimum atomic E-state index is -0.0563. The van der Waals surface area contributed by atoms with Gasteiger partial charge in [0.2, 0.25) is 5.91 Å². The Balaban J connectivity index is 1.54. The summed E-state index contributed by atoms with van der Waals surface area (Å²) in [5.41, 5.74) is 2.80. The van der Waals surface area contributed by atoms with Gasteiger partial charge >= 0.3 is 0 Å². The highest BCUT2D eigenvalue weighted by Crippen LogP contribution is 2.26. The molecular weight excluding hydrogens is 369 g/mol. The van der Waals surface area contributed by atoms with Crippen LogP contribution in [0.15, 0.2) is 54.9 Å². The SMILES string of the molecule is Cc1nccn1Cc1ccc(NC(=O)CCc2cccc(Cl)c2Cl)cc1. The fourth-order valence-electron chi connectivity index (χ4n) is 2.67. The third-order valence-corrected chi connectivity index (χ3v) is 5.03. The predicted molar refractivity (Wildman–Crippen MR) is 106 cm³/mol. The van der Waals surface area contributed by atoms with Gasteiger partial charge in [-0.2, -0.15) is 0 Å². The largest absolute Gasteiger partial charge is 0.331 e. The summed E-state index contributed by atoms with van der Waals surface area (Å²) in [5.74, 6) is 0.918. The molecule has 1 aromatic heterocycles. The molecule has 0 radical (unpaired) electrons. The number of hydrogen-bond donors (Lipinski definition) is 1. The molecule has 1 N–H and O–H groups in total. The van der Waals surface area contributed by atoms with E-state index in [1.165, 1.54) is 0 Å². The Labute approximate surface area is 162 Å². The lowest BCUT2D eigenvalue weighted by atomic mass is 10.1. The van der Waals surface area contributed by atoms with Crippen molar-refractivity contribution in [2.24, 2.45) is 0 Å². The van der Waals surface area contributed by atoms with Crippen LogP contribution in [0.4, 0.5) is 5.69 Å². The number of carbonyl (C=O) groups is 1. The first-order chi connectivity index (χ1) is 12.5. The summed E-state index contributed by atoms with van der Waals surface area (Å²) in [5, 5.41) is 3.93. The lowest BCUT2D eigenvalue weighted by Gasteiger charge is -2.09. The van der Waals surface area contributed by atoms with Gasteiger partial charge in [-0.3, -0.25) is 4.79 Å². The van der Waals surface area contributed by atoms with Crippen molar-refractivity contribution >= 4 is 34.8 Å². The Hall–Kier alpha value is -2.30. The second-order valence-electron chi connectivity index (χ2n) is 6.06. The van der Waals surface area contributed by atoms with E-state index in [2.05, 4.69) is 14.9 Å². The van der Waals surface area contributed by atoms with Crippen LogP contribution in [0.5, 0.6) is 0 Å². The maximum atomic E-state index is 12.2. The van der Waals surface area contributed by atoms with E-state index in [1.54, 1.807) is 12.3 Å². The number of aryl methyl sites for hydroxylation is 2. The van der Waals surface area contributed by atoms with E-state index in [1.807, 2.05) is 49.5 Å². The molecule has 6 heteroatoms. The molecule has 0 aliphatic heterocycles. The molecule has 134 valence electrons. The molecule has 0 unspecified atom stereocenters. The molecule has 26 heavy (non-hydrogen) atoms. The van der Waals surface area contributed by atoms with Crippen LogP contribution in [0, 0.1) is 6.92 Å². The minimum Gasteiger partial charge on any atom is -0.331 e. The van der Waals surface area contributed by atoms with E-state index in [0.29, 0.717) is 22.9 Å². The fraction of sp³-hybridized carbons (Fsp3) is 0.200. The average Bonchev–Trinajstić information content (AvgIpc) is 3.03. The first-order valence-corrected chi connectivity index (χ1v) is 9.08. The first-order valence-electron chi connectivity index (χ1n) is 8.32. The summed E-state index contributed by atoms with van der Waals surface area (Å²) in [4.78, 5) is 16.4. The van der Waals surface area contributed by atoms with Crippen molar-refractivity contribution in [3.8, 4) is 0 Å². The zero-order chi connectivity index (χ0) is 18.5. The number of benzene rings is 2. The van der Waals surface area contributed by atoms with Crippen LogP contribution in [0.25, 0.3) is 0 Å².